The minimum absolute atomic E-state index is 0.128. The van der Waals surface area contributed by atoms with E-state index < -0.39 is 0 Å². The summed E-state index contributed by atoms with van der Waals surface area (Å²) in [6.07, 6.45) is 3.65. The number of nitrogens with zero attached hydrogens (tertiary/aromatic N) is 1. The van der Waals surface area contributed by atoms with E-state index in [4.69, 9.17) is 10.8 Å². The highest BCUT2D eigenvalue weighted by molar-refractivity contribution is 5.63. The van der Waals surface area contributed by atoms with Gasteiger partial charge < -0.3 is 16.2 Å². The first-order valence-electron chi connectivity index (χ1n) is 4.35. The topological polar surface area (TPSA) is 71.2 Å². The zero-order valence-electron chi connectivity index (χ0n) is 7.33. The van der Waals surface area contributed by atoms with Crippen molar-refractivity contribution < 1.29 is 5.11 Å². The van der Waals surface area contributed by atoms with E-state index in [1.165, 1.54) is 0 Å². The van der Waals surface area contributed by atoms with Gasteiger partial charge in [-0.2, -0.15) is 0 Å². The molecule has 13 heavy (non-hydrogen) atoms. The maximum atomic E-state index is 9.09. The van der Waals surface area contributed by atoms with Gasteiger partial charge >= 0.3 is 0 Å². The lowest BCUT2D eigenvalue weighted by Gasteiger charge is -2.16. The first-order valence-corrected chi connectivity index (χ1v) is 4.35. The summed E-state index contributed by atoms with van der Waals surface area (Å²) in [6.45, 7) is 0.154. The standard InChI is InChI=1S/C9H13N3O/c10-8-7(2-1-5-11-8)12-9(6-13)3-4-9/h1-2,5,12-13H,3-4,6H2,(H2,10,11). The average Bonchev–Trinajstić information content (AvgIpc) is 2.90. The van der Waals surface area contributed by atoms with E-state index in [9.17, 15) is 0 Å². The predicted octanol–water partition coefficient (Wildman–Crippen LogP) is 0.601. The third-order valence-electron chi connectivity index (χ3n) is 2.39. The largest absolute Gasteiger partial charge is 0.394 e. The Labute approximate surface area is 76.8 Å². The van der Waals surface area contributed by atoms with Crippen LogP contribution in [0.5, 0.6) is 0 Å². The van der Waals surface area contributed by atoms with Crippen molar-refractivity contribution >= 4 is 11.5 Å². The molecular formula is C9H13N3O. The number of hydrogen-bond donors (Lipinski definition) is 3. The van der Waals surface area contributed by atoms with E-state index in [-0.39, 0.29) is 12.1 Å². The molecule has 1 aromatic heterocycles. The molecule has 1 fully saturated rings. The van der Waals surface area contributed by atoms with Gasteiger partial charge in [-0.05, 0) is 25.0 Å². The van der Waals surface area contributed by atoms with Crippen molar-refractivity contribution in [3.63, 3.8) is 0 Å². The number of pyridine rings is 1. The average molecular weight is 179 g/mol. The van der Waals surface area contributed by atoms with Crippen molar-refractivity contribution in [2.24, 2.45) is 0 Å². The minimum Gasteiger partial charge on any atom is -0.394 e. The Balaban J connectivity index is 2.14. The van der Waals surface area contributed by atoms with Crippen LogP contribution >= 0.6 is 0 Å². The summed E-state index contributed by atoms with van der Waals surface area (Å²) in [7, 11) is 0. The summed E-state index contributed by atoms with van der Waals surface area (Å²) in [5.74, 6) is 0.488. The molecule has 0 unspecified atom stereocenters. The SMILES string of the molecule is Nc1ncccc1NC1(CO)CC1. The van der Waals surface area contributed by atoms with Crippen LogP contribution in [0.2, 0.25) is 0 Å². The Bertz CT molecular complexity index is 309. The van der Waals surface area contributed by atoms with Gasteiger partial charge in [0.25, 0.3) is 0 Å². The molecule has 1 aliphatic rings. The molecule has 0 bridgehead atoms. The Morgan fingerprint density at radius 3 is 2.92 bits per heavy atom. The molecule has 70 valence electrons. The molecule has 4 nitrogen and oxygen atoms in total. The van der Waals surface area contributed by atoms with Crippen molar-refractivity contribution in [2.75, 3.05) is 17.7 Å². The van der Waals surface area contributed by atoms with Crippen LogP contribution in [0.25, 0.3) is 0 Å². The second-order valence-corrected chi connectivity index (χ2v) is 3.50. The zero-order valence-corrected chi connectivity index (χ0v) is 7.33. The molecule has 1 aromatic rings. The van der Waals surface area contributed by atoms with E-state index in [1.807, 2.05) is 12.1 Å². The first-order chi connectivity index (χ1) is 6.26. The molecule has 0 amide bonds. The molecule has 4 heteroatoms. The normalized spacial score (nSPS) is 18.2. The van der Waals surface area contributed by atoms with Gasteiger partial charge in [-0.1, -0.05) is 0 Å². The van der Waals surface area contributed by atoms with Crippen molar-refractivity contribution in [3.8, 4) is 0 Å². The number of nitrogen functional groups attached to an aromatic ring is 1. The van der Waals surface area contributed by atoms with Gasteiger partial charge in [0.15, 0.2) is 0 Å². The minimum atomic E-state index is -0.128. The quantitative estimate of drug-likeness (QED) is 0.635. The predicted molar refractivity (Wildman–Crippen MR) is 51.3 cm³/mol. The lowest BCUT2D eigenvalue weighted by molar-refractivity contribution is 0.266. The lowest BCUT2D eigenvalue weighted by Crippen LogP contribution is -2.26. The van der Waals surface area contributed by atoms with Gasteiger partial charge in [-0.15, -0.1) is 0 Å². The summed E-state index contributed by atoms with van der Waals surface area (Å²) in [5.41, 5.74) is 6.34. The fourth-order valence-electron chi connectivity index (χ4n) is 1.28. The van der Waals surface area contributed by atoms with Crippen LogP contribution in [-0.2, 0) is 0 Å². The maximum absolute atomic E-state index is 9.09. The van der Waals surface area contributed by atoms with E-state index in [0.717, 1.165) is 18.5 Å². The summed E-state index contributed by atoms with van der Waals surface area (Å²) in [4.78, 5) is 3.96. The number of anilines is 2. The molecule has 2 rings (SSSR count). The van der Waals surface area contributed by atoms with Crippen LogP contribution in [0.3, 0.4) is 0 Å². The zero-order chi connectivity index (χ0) is 9.31. The fourth-order valence-corrected chi connectivity index (χ4v) is 1.28. The van der Waals surface area contributed by atoms with Crippen molar-refractivity contribution in [1.29, 1.82) is 0 Å². The van der Waals surface area contributed by atoms with E-state index in [0.29, 0.717) is 5.82 Å². The monoisotopic (exact) mass is 179 g/mol. The summed E-state index contributed by atoms with van der Waals surface area (Å²) < 4.78 is 0. The van der Waals surface area contributed by atoms with Crippen LogP contribution in [0, 0.1) is 0 Å². The van der Waals surface area contributed by atoms with Crippen molar-refractivity contribution in [3.05, 3.63) is 18.3 Å². The molecule has 0 saturated heterocycles. The third kappa shape index (κ3) is 1.58. The van der Waals surface area contributed by atoms with E-state index >= 15 is 0 Å². The van der Waals surface area contributed by atoms with Crippen LogP contribution in [0.1, 0.15) is 12.8 Å². The Kier molecular flexibility index (Phi) is 1.84. The number of rotatable bonds is 3. The molecule has 1 aliphatic carbocycles. The smallest absolute Gasteiger partial charge is 0.146 e. The van der Waals surface area contributed by atoms with Crippen molar-refractivity contribution in [1.82, 2.24) is 4.98 Å². The number of nitrogens with one attached hydrogen (secondary N) is 1. The number of aromatic nitrogens is 1. The molecule has 0 aliphatic heterocycles. The molecule has 0 atom stereocenters. The number of aliphatic hydroxyl groups is 1. The molecule has 1 heterocycles. The van der Waals surface area contributed by atoms with Gasteiger partial charge in [0.2, 0.25) is 0 Å². The fraction of sp³-hybridized carbons (Fsp3) is 0.444. The van der Waals surface area contributed by atoms with E-state index in [2.05, 4.69) is 10.3 Å². The summed E-state index contributed by atoms with van der Waals surface area (Å²) in [5, 5.41) is 12.3. The molecule has 4 N–H and O–H groups in total. The van der Waals surface area contributed by atoms with Crippen LogP contribution in [0.4, 0.5) is 11.5 Å². The highest BCUT2D eigenvalue weighted by Gasteiger charge is 2.42. The van der Waals surface area contributed by atoms with Gasteiger partial charge in [0.05, 0.1) is 17.8 Å². The number of hydrogen-bond acceptors (Lipinski definition) is 4. The molecular weight excluding hydrogens is 166 g/mol. The second kappa shape index (κ2) is 2.88. The van der Waals surface area contributed by atoms with Gasteiger partial charge in [-0.25, -0.2) is 4.98 Å². The maximum Gasteiger partial charge on any atom is 0.146 e. The first kappa shape index (κ1) is 8.31. The van der Waals surface area contributed by atoms with Crippen LogP contribution < -0.4 is 11.1 Å². The second-order valence-electron chi connectivity index (χ2n) is 3.50. The van der Waals surface area contributed by atoms with Gasteiger partial charge in [0.1, 0.15) is 5.82 Å². The lowest BCUT2D eigenvalue weighted by atomic mass is 10.2. The highest BCUT2D eigenvalue weighted by Crippen LogP contribution is 2.39. The van der Waals surface area contributed by atoms with Crippen LogP contribution in [0.15, 0.2) is 18.3 Å². The molecule has 0 spiro atoms. The van der Waals surface area contributed by atoms with E-state index in [1.54, 1.807) is 6.20 Å². The van der Waals surface area contributed by atoms with Gasteiger partial charge in [0, 0.05) is 6.20 Å². The van der Waals surface area contributed by atoms with Crippen molar-refractivity contribution in [2.45, 2.75) is 18.4 Å². The number of nitrogens with two attached hydrogens (primary N) is 1. The highest BCUT2D eigenvalue weighted by atomic mass is 16.3. The number of aliphatic hydroxyl groups excluding tert-OH is 1. The Morgan fingerprint density at radius 1 is 1.62 bits per heavy atom. The molecule has 0 aromatic carbocycles. The summed E-state index contributed by atoms with van der Waals surface area (Å²) in [6, 6.07) is 3.70. The summed E-state index contributed by atoms with van der Waals surface area (Å²) >= 11 is 0. The Hall–Kier alpha value is -1.29. The molecule has 0 radical (unpaired) electrons. The van der Waals surface area contributed by atoms with Crippen LogP contribution in [-0.4, -0.2) is 22.2 Å². The van der Waals surface area contributed by atoms with Gasteiger partial charge in [-0.3, -0.25) is 0 Å². The Morgan fingerprint density at radius 2 is 2.38 bits per heavy atom. The molecule has 1 saturated carbocycles. The third-order valence-corrected chi connectivity index (χ3v) is 2.39.